The lowest BCUT2D eigenvalue weighted by molar-refractivity contribution is -0.113. The molecule has 7 heteroatoms. The normalized spacial score (nSPS) is 10.1. The molecule has 108 valence electrons. The number of carbonyl (C=O) groups is 2. The molecule has 0 radical (unpaired) electrons. The molecule has 0 aliphatic rings. The Kier molecular flexibility index (Phi) is 4.89. The molecule has 0 atom stereocenters. The molecule has 2 rings (SSSR count). The number of aromatic nitrogens is 1. The molecule has 2 aromatic rings. The quantitative estimate of drug-likeness (QED) is 0.830. The molecular formula is C14H11FN2O3S. The van der Waals surface area contributed by atoms with Gasteiger partial charge in [-0.3, -0.25) is 4.79 Å². The number of rotatable bonds is 5. The van der Waals surface area contributed by atoms with E-state index in [-0.39, 0.29) is 23.2 Å². The highest BCUT2D eigenvalue weighted by atomic mass is 32.2. The number of nitrogens with zero attached hydrogens (tertiary/aromatic N) is 1. The number of carboxylic acid groups (broad SMARTS) is 1. The van der Waals surface area contributed by atoms with E-state index in [9.17, 15) is 14.0 Å². The highest BCUT2D eigenvalue weighted by Crippen LogP contribution is 2.18. The summed E-state index contributed by atoms with van der Waals surface area (Å²) in [4.78, 5) is 26.8. The Morgan fingerprint density at radius 3 is 2.62 bits per heavy atom. The van der Waals surface area contributed by atoms with Crippen LogP contribution in [0.4, 0.5) is 10.1 Å². The third-order valence-corrected chi connectivity index (χ3v) is 3.44. The second kappa shape index (κ2) is 6.85. The van der Waals surface area contributed by atoms with Crippen molar-refractivity contribution in [1.82, 2.24) is 4.98 Å². The van der Waals surface area contributed by atoms with Gasteiger partial charge in [0.05, 0.1) is 5.75 Å². The molecule has 21 heavy (non-hydrogen) atoms. The zero-order chi connectivity index (χ0) is 15.2. The van der Waals surface area contributed by atoms with E-state index in [1.54, 1.807) is 6.07 Å². The van der Waals surface area contributed by atoms with Crippen LogP contribution in [0.15, 0.2) is 47.5 Å². The molecule has 0 spiro atoms. The van der Waals surface area contributed by atoms with Gasteiger partial charge < -0.3 is 10.4 Å². The molecular weight excluding hydrogens is 295 g/mol. The molecule has 1 aromatic carbocycles. The number of thioether (sulfide) groups is 1. The zero-order valence-electron chi connectivity index (χ0n) is 10.7. The van der Waals surface area contributed by atoms with Crippen LogP contribution in [0.25, 0.3) is 0 Å². The number of aromatic carboxylic acids is 1. The van der Waals surface area contributed by atoms with Crippen LogP contribution in [-0.4, -0.2) is 27.7 Å². The van der Waals surface area contributed by atoms with Crippen LogP contribution in [-0.2, 0) is 4.79 Å². The van der Waals surface area contributed by atoms with Gasteiger partial charge in [-0.05, 0) is 36.4 Å². The Bertz CT molecular complexity index is 662. The van der Waals surface area contributed by atoms with E-state index < -0.39 is 5.97 Å². The summed E-state index contributed by atoms with van der Waals surface area (Å²) in [5, 5.41) is 11.4. The van der Waals surface area contributed by atoms with Crippen LogP contribution in [0.5, 0.6) is 0 Å². The van der Waals surface area contributed by atoms with Gasteiger partial charge in [-0.2, -0.15) is 0 Å². The molecule has 0 aliphatic heterocycles. The fraction of sp³-hybridized carbons (Fsp3) is 0.0714. The summed E-state index contributed by atoms with van der Waals surface area (Å²) in [6.07, 6.45) is 1.38. The summed E-state index contributed by atoms with van der Waals surface area (Å²) < 4.78 is 12.7. The first-order chi connectivity index (χ1) is 10.0. The van der Waals surface area contributed by atoms with Crippen molar-refractivity contribution in [2.24, 2.45) is 0 Å². The van der Waals surface area contributed by atoms with Gasteiger partial charge in [-0.25, -0.2) is 14.2 Å². The van der Waals surface area contributed by atoms with Crippen molar-refractivity contribution >= 4 is 29.3 Å². The molecule has 0 aliphatic carbocycles. The van der Waals surface area contributed by atoms with Crippen molar-refractivity contribution in [2.45, 2.75) is 4.90 Å². The molecule has 1 heterocycles. The number of anilines is 1. The van der Waals surface area contributed by atoms with Gasteiger partial charge in [0.1, 0.15) is 11.5 Å². The summed E-state index contributed by atoms with van der Waals surface area (Å²) in [6, 6.07) is 8.47. The van der Waals surface area contributed by atoms with E-state index in [0.29, 0.717) is 10.6 Å². The smallest absolute Gasteiger partial charge is 0.354 e. The van der Waals surface area contributed by atoms with Crippen molar-refractivity contribution < 1.29 is 19.1 Å². The maximum atomic E-state index is 12.7. The number of amides is 1. The van der Waals surface area contributed by atoms with Gasteiger partial charge in [-0.1, -0.05) is 0 Å². The molecule has 2 N–H and O–H groups in total. The number of benzene rings is 1. The zero-order valence-corrected chi connectivity index (χ0v) is 11.6. The van der Waals surface area contributed by atoms with E-state index in [0.717, 1.165) is 0 Å². The molecule has 0 bridgehead atoms. The van der Waals surface area contributed by atoms with Gasteiger partial charge in [0.25, 0.3) is 0 Å². The van der Waals surface area contributed by atoms with Crippen molar-refractivity contribution in [3.8, 4) is 0 Å². The SMILES string of the molecule is O=C(CSc1ccnc(C(=O)O)c1)Nc1ccc(F)cc1. The Hall–Kier alpha value is -2.41. The number of hydrogen-bond acceptors (Lipinski definition) is 4. The highest BCUT2D eigenvalue weighted by Gasteiger charge is 2.08. The first kappa shape index (κ1) is 15.0. The van der Waals surface area contributed by atoms with Crippen LogP contribution in [0, 0.1) is 5.82 Å². The molecule has 5 nitrogen and oxygen atoms in total. The summed E-state index contributed by atoms with van der Waals surface area (Å²) in [5.41, 5.74) is 0.432. The van der Waals surface area contributed by atoms with Gasteiger partial charge in [0.15, 0.2) is 0 Å². The first-order valence-corrected chi connectivity index (χ1v) is 6.91. The maximum absolute atomic E-state index is 12.7. The minimum atomic E-state index is -1.12. The van der Waals surface area contributed by atoms with Crippen LogP contribution in [0.1, 0.15) is 10.5 Å². The largest absolute Gasteiger partial charge is 0.477 e. The standard InChI is InChI=1S/C14H11FN2O3S/c15-9-1-3-10(4-2-9)17-13(18)8-21-11-5-6-16-12(7-11)14(19)20/h1-7H,8H2,(H,17,18)(H,19,20). The minimum absolute atomic E-state index is 0.0704. The Morgan fingerprint density at radius 1 is 1.24 bits per heavy atom. The van der Waals surface area contributed by atoms with E-state index >= 15 is 0 Å². The molecule has 0 unspecified atom stereocenters. The highest BCUT2D eigenvalue weighted by molar-refractivity contribution is 8.00. The van der Waals surface area contributed by atoms with Crippen LogP contribution in [0.2, 0.25) is 0 Å². The maximum Gasteiger partial charge on any atom is 0.354 e. The van der Waals surface area contributed by atoms with Gasteiger partial charge >= 0.3 is 5.97 Å². The second-order valence-electron chi connectivity index (χ2n) is 4.03. The van der Waals surface area contributed by atoms with Gasteiger partial charge in [0, 0.05) is 16.8 Å². The number of carboxylic acids is 1. The molecule has 0 fully saturated rings. The van der Waals surface area contributed by atoms with E-state index in [4.69, 9.17) is 5.11 Å². The van der Waals surface area contributed by atoms with Gasteiger partial charge in [0.2, 0.25) is 5.91 Å². The third-order valence-electron chi connectivity index (χ3n) is 2.45. The Balaban J connectivity index is 1.90. The molecule has 0 saturated carbocycles. The lowest BCUT2D eigenvalue weighted by Gasteiger charge is -2.05. The molecule has 1 amide bonds. The number of halogens is 1. The van der Waals surface area contributed by atoms with E-state index in [1.807, 2.05) is 0 Å². The lowest BCUT2D eigenvalue weighted by Crippen LogP contribution is -2.14. The van der Waals surface area contributed by atoms with E-state index in [1.165, 1.54) is 48.3 Å². The fourth-order valence-corrected chi connectivity index (χ4v) is 2.22. The summed E-state index contributed by atoms with van der Waals surface area (Å²) in [6.45, 7) is 0. The summed E-state index contributed by atoms with van der Waals surface area (Å²) in [7, 11) is 0. The molecule has 1 aromatic heterocycles. The number of nitrogens with one attached hydrogen (secondary N) is 1. The third kappa shape index (κ3) is 4.57. The van der Waals surface area contributed by atoms with E-state index in [2.05, 4.69) is 10.3 Å². The fourth-order valence-electron chi connectivity index (χ4n) is 1.50. The number of hydrogen-bond donors (Lipinski definition) is 2. The van der Waals surface area contributed by atoms with Gasteiger partial charge in [-0.15, -0.1) is 11.8 Å². The predicted molar refractivity (Wildman–Crippen MR) is 77.0 cm³/mol. The first-order valence-electron chi connectivity index (χ1n) is 5.92. The number of pyridine rings is 1. The topological polar surface area (TPSA) is 79.3 Å². The van der Waals surface area contributed by atoms with Crippen LogP contribution < -0.4 is 5.32 Å². The average Bonchev–Trinajstić information content (AvgIpc) is 2.48. The average molecular weight is 306 g/mol. The molecule has 0 saturated heterocycles. The number of carbonyl (C=O) groups excluding carboxylic acids is 1. The minimum Gasteiger partial charge on any atom is -0.477 e. The van der Waals surface area contributed by atoms with Crippen molar-refractivity contribution in [2.75, 3.05) is 11.1 Å². The summed E-state index contributed by atoms with van der Waals surface area (Å²) in [5.74, 6) is -1.64. The summed E-state index contributed by atoms with van der Waals surface area (Å²) >= 11 is 1.19. The van der Waals surface area contributed by atoms with Crippen LogP contribution in [0.3, 0.4) is 0 Å². The van der Waals surface area contributed by atoms with Crippen molar-refractivity contribution in [3.63, 3.8) is 0 Å². The predicted octanol–water partition coefficient (Wildman–Crippen LogP) is 2.65. The lowest BCUT2D eigenvalue weighted by atomic mass is 10.3. The van der Waals surface area contributed by atoms with Crippen LogP contribution >= 0.6 is 11.8 Å². The van der Waals surface area contributed by atoms with Crippen molar-refractivity contribution in [3.05, 3.63) is 54.1 Å². The van der Waals surface area contributed by atoms with Crippen molar-refractivity contribution in [1.29, 1.82) is 0 Å². The Labute approximate surface area is 124 Å². The Morgan fingerprint density at radius 2 is 1.95 bits per heavy atom. The second-order valence-corrected chi connectivity index (χ2v) is 5.07. The monoisotopic (exact) mass is 306 g/mol.